The summed E-state index contributed by atoms with van der Waals surface area (Å²) in [5.74, 6) is 0.202. The first-order valence-electron chi connectivity index (χ1n) is 8.35. The molecule has 1 aliphatic heterocycles. The van der Waals surface area contributed by atoms with E-state index in [4.69, 9.17) is 4.74 Å². The number of hydrogen-bond donors (Lipinski definition) is 1. The summed E-state index contributed by atoms with van der Waals surface area (Å²) in [7, 11) is 0. The van der Waals surface area contributed by atoms with Crippen LogP contribution in [0.15, 0.2) is 48.5 Å². The SMILES string of the molecule is Cc1ccc([C@@H](CC(=O)N2CCOCC2)c2ccccc2)c(O)c1. The summed E-state index contributed by atoms with van der Waals surface area (Å²) in [4.78, 5) is 14.6. The highest BCUT2D eigenvalue weighted by molar-refractivity contribution is 5.78. The van der Waals surface area contributed by atoms with Gasteiger partial charge in [-0.2, -0.15) is 0 Å². The van der Waals surface area contributed by atoms with Crippen LogP contribution in [-0.2, 0) is 9.53 Å². The fourth-order valence-corrected chi connectivity index (χ4v) is 3.16. The topological polar surface area (TPSA) is 49.8 Å². The number of aromatic hydroxyl groups is 1. The number of rotatable bonds is 4. The van der Waals surface area contributed by atoms with Gasteiger partial charge in [0.2, 0.25) is 5.91 Å². The van der Waals surface area contributed by atoms with Crippen LogP contribution in [0.2, 0.25) is 0 Å². The smallest absolute Gasteiger partial charge is 0.223 e. The van der Waals surface area contributed by atoms with Crippen LogP contribution in [-0.4, -0.2) is 42.2 Å². The van der Waals surface area contributed by atoms with Gasteiger partial charge in [-0.15, -0.1) is 0 Å². The summed E-state index contributed by atoms with van der Waals surface area (Å²) >= 11 is 0. The molecule has 1 aliphatic rings. The van der Waals surface area contributed by atoms with Crippen molar-refractivity contribution in [2.45, 2.75) is 19.3 Å². The van der Waals surface area contributed by atoms with Crippen LogP contribution in [0.4, 0.5) is 0 Å². The molecular weight excluding hydrogens is 302 g/mol. The number of morpholine rings is 1. The minimum atomic E-state index is -0.151. The van der Waals surface area contributed by atoms with Gasteiger partial charge in [0.1, 0.15) is 5.75 Å². The second-order valence-electron chi connectivity index (χ2n) is 6.22. The first-order chi connectivity index (χ1) is 11.6. The molecule has 4 nitrogen and oxygen atoms in total. The van der Waals surface area contributed by atoms with Gasteiger partial charge in [0.15, 0.2) is 0 Å². The number of ether oxygens (including phenoxy) is 1. The highest BCUT2D eigenvalue weighted by atomic mass is 16.5. The highest BCUT2D eigenvalue weighted by Crippen LogP contribution is 2.34. The van der Waals surface area contributed by atoms with E-state index < -0.39 is 0 Å². The van der Waals surface area contributed by atoms with E-state index in [1.54, 1.807) is 6.07 Å². The van der Waals surface area contributed by atoms with E-state index in [1.807, 2.05) is 54.3 Å². The molecule has 0 unspecified atom stereocenters. The first kappa shape index (κ1) is 16.5. The number of carbonyl (C=O) groups is 1. The van der Waals surface area contributed by atoms with Gasteiger partial charge in [-0.05, 0) is 24.1 Å². The Labute approximate surface area is 142 Å². The Hall–Kier alpha value is -2.33. The molecule has 0 radical (unpaired) electrons. The molecule has 4 heteroatoms. The molecule has 1 fully saturated rings. The largest absolute Gasteiger partial charge is 0.508 e. The maximum atomic E-state index is 12.7. The lowest BCUT2D eigenvalue weighted by Gasteiger charge is -2.29. The lowest BCUT2D eigenvalue weighted by atomic mass is 9.87. The van der Waals surface area contributed by atoms with E-state index in [-0.39, 0.29) is 17.6 Å². The Balaban J connectivity index is 1.89. The average molecular weight is 325 g/mol. The third-order valence-electron chi connectivity index (χ3n) is 4.51. The standard InChI is InChI=1S/C20H23NO3/c1-15-7-8-17(19(22)13-15)18(16-5-3-2-4-6-16)14-20(23)21-9-11-24-12-10-21/h2-8,13,18,22H,9-12,14H2,1H3/t18-/m0/s1. The van der Waals surface area contributed by atoms with Crippen molar-refractivity contribution in [3.8, 4) is 5.75 Å². The second-order valence-corrected chi connectivity index (χ2v) is 6.22. The molecule has 0 saturated carbocycles. The van der Waals surface area contributed by atoms with Crippen molar-refractivity contribution in [1.29, 1.82) is 0 Å². The van der Waals surface area contributed by atoms with Crippen molar-refractivity contribution in [1.82, 2.24) is 4.90 Å². The summed E-state index contributed by atoms with van der Waals surface area (Å²) in [5, 5.41) is 10.4. The summed E-state index contributed by atoms with van der Waals surface area (Å²) in [6.45, 7) is 4.41. The van der Waals surface area contributed by atoms with E-state index in [1.165, 1.54) is 0 Å². The number of phenolic OH excluding ortho intramolecular Hbond substituents is 1. The van der Waals surface area contributed by atoms with Crippen LogP contribution in [0.3, 0.4) is 0 Å². The normalized spacial score (nSPS) is 16.0. The number of nitrogens with zero attached hydrogens (tertiary/aromatic N) is 1. The quantitative estimate of drug-likeness (QED) is 0.940. The summed E-state index contributed by atoms with van der Waals surface area (Å²) in [6, 6.07) is 15.6. The average Bonchev–Trinajstić information content (AvgIpc) is 2.61. The van der Waals surface area contributed by atoms with E-state index >= 15 is 0 Å². The molecule has 24 heavy (non-hydrogen) atoms. The van der Waals surface area contributed by atoms with Gasteiger partial charge in [-0.1, -0.05) is 42.5 Å². The molecule has 1 atom stereocenters. The van der Waals surface area contributed by atoms with Gasteiger partial charge >= 0.3 is 0 Å². The van der Waals surface area contributed by atoms with Gasteiger partial charge in [0, 0.05) is 31.0 Å². The zero-order chi connectivity index (χ0) is 16.9. The number of carbonyl (C=O) groups excluding carboxylic acids is 1. The van der Waals surface area contributed by atoms with Crippen LogP contribution in [0.1, 0.15) is 29.0 Å². The number of amides is 1. The molecule has 2 aromatic rings. The van der Waals surface area contributed by atoms with Crippen LogP contribution in [0, 0.1) is 6.92 Å². The molecule has 3 rings (SSSR count). The van der Waals surface area contributed by atoms with Gasteiger partial charge in [-0.3, -0.25) is 4.79 Å². The lowest BCUT2D eigenvalue weighted by Crippen LogP contribution is -2.41. The van der Waals surface area contributed by atoms with Crippen LogP contribution in [0.25, 0.3) is 0 Å². The summed E-state index contributed by atoms with van der Waals surface area (Å²) < 4.78 is 5.32. The van der Waals surface area contributed by atoms with E-state index in [2.05, 4.69) is 0 Å². The Morgan fingerprint density at radius 3 is 2.54 bits per heavy atom. The van der Waals surface area contributed by atoms with Crippen LogP contribution < -0.4 is 0 Å². The Kier molecular flexibility index (Phi) is 5.16. The summed E-state index contributed by atoms with van der Waals surface area (Å²) in [6.07, 6.45) is 0.348. The van der Waals surface area contributed by atoms with Gasteiger partial charge in [-0.25, -0.2) is 0 Å². The van der Waals surface area contributed by atoms with Gasteiger partial charge < -0.3 is 14.7 Å². The molecule has 1 heterocycles. The van der Waals surface area contributed by atoms with Crippen molar-refractivity contribution in [3.05, 3.63) is 65.2 Å². The second kappa shape index (κ2) is 7.49. The Morgan fingerprint density at radius 2 is 1.88 bits per heavy atom. The van der Waals surface area contributed by atoms with E-state index in [0.29, 0.717) is 32.7 Å². The minimum absolute atomic E-state index is 0.104. The number of benzene rings is 2. The number of aryl methyl sites for hydroxylation is 1. The minimum Gasteiger partial charge on any atom is -0.508 e. The third-order valence-corrected chi connectivity index (χ3v) is 4.51. The predicted octanol–water partition coefficient (Wildman–Crippen LogP) is 3.08. The van der Waals surface area contributed by atoms with Crippen molar-refractivity contribution < 1.29 is 14.6 Å². The van der Waals surface area contributed by atoms with Gasteiger partial charge in [0.05, 0.1) is 13.2 Å². The van der Waals surface area contributed by atoms with Crippen molar-refractivity contribution in [2.24, 2.45) is 0 Å². The first-order valence-corrected chi connectivity index (χ1v) is 8.35. The van der Waals surface area contributed by atoms with E-state index in [0.717, 1.165) is 16.7 Å². The highest BCUT2D eigenvalue weighted by Gasteiger charge is 2.25. The Morgan fingerprint density at radius 1 is 1.17 bits per heavy atom. The fourth-order valence-electron chi connectivity index (χ4n) is 3.16. The van der Waals surface area contributed by atoms with Crippen LogP contribution >= 0.6 is 0 Å². The molecule has 0 aromatic heterocycles. The molecule has 2 aromatic carbocycles. The van der Waals surface area contributed by atoms with Crippen molar-refractivity contribution in [2.75, 3.05) is 26.3 Å². The molecule has 126 valence electrons. The molecule has 0 spiro atoms. The maximum absolute atomic E-state index is 12.7. The molecule has 1 saturated heterocycles. The third kappa shape index (κ3) is 3.77. The number of phenols is 1. The monoisotopic (exact) mass is 325 g/mol. The van der Waals surface area contributed by atoms with Crippen molar-refractivity contribution >= 4 is 5.91 Å². The van der Waals surface area contributed by atoms with Gasteiger partial charge in [0.25, 0.3) is 0 Å². The summed E-state index contributed by atoms with van der Waals surface area (Å²) in [5.41, 5.74) is 2.84. The van der Waals surface area contributed by atoms with Crippen molar-refractivity contribution in [3.63, 3.8) is 0 Å². The lowest BCUT2D eigenvalue weighted by molar-refractivity contribution is -0.135. The molecule has 0 aliphatic carbocycles. The molecule has 0 bridgehead atoms. The Bertz CT molecular complexity index is 693. The molecular formula is C20H23NO3. The zero-order valence-electron chi connectivity index (χ0n) is 13.9. The van der Waals surface area contributed by atoms with Crippen LogP contribution in [0.5, 0.6) is 5.75 Å². The van der Waals surface area contributed by atoms with E-state index in [9.17, 15) is 9.90 Å². The molecule has 1 amide bonds. The fraction of sp³-hybridized carbons (Fsp3) is 0.350. The molecule has 1 N–H and O–H groups in total. The zero-order valence-corrected chi connectivity index (χ0v) is 13.9. The predicted molar refractivity (Wildman–Crippen MR) is 93.1 cm³/mol. The maximum Gasteiger partial charge on any atom is 0.223 e. The number of hydrogen-bond acceptors (Lipinski definition) is 3.